The van der Waals surface area contributed by atoms with Crippen LogP contribution in [0.1, 0.15) is 108 Å². The van der Waals surface area contributed by atoms with Crippen molar-refractivity contribution in [2.75, 3.05) is 26.4 Å². The van der Waals surface area contributed by atoms with E-state index in [1.807, 2.05) is 13.0 Å². The van der Waals surface area contributed by atoms with Gasteiger partial charge in [0.1, 0.15) is 5.75 Å². The van der Waals surface area contributed by atoms with Crippen molar-refractivity contribution in [3.63, 3.8) is 0 Å². The van der Waals surface area contributed by atoms with Gasteiger partial charge in [-0.05, 0) is 114 Å². The fraction of sp³-hybridized carbons (Fsp3) is 0.537. The van der Waals surface area contributed by atoms with E-state index in [1.54, 1.807) is 0 Å². The molecular formula is C41H56O5. The highest BCUT2D eigenvalue weighted by atomic mass is 16.5. The Morgan fingerprint density at radius 3 is 2.15 bits per heavy atom. The number of aryl methyl sites for hydroxylation is 2. The van der Waals surface area contributed by atoms with Gasteiger partial charge in [-0.25, -0.2) is 0 Å². The lowest BCUT2D eigenvalue weighted by atomic mass is 9.77. The fourth-order valence-corrected chi connectivity index (χ4v) is 6.94. The molecule has 0 bridgehead atoms. The predicted octanol–water partition coefficient (Wildman–Crippen LogP) is 9.30. The molecule has 0 aromatic heterocycles. The van der Waals surface area contributed by atoms with Crippen molar-refractivity contribution >= 4 is 6.47 Å². The van der Waals surface area contributed by atoms with E-state index < -0.39 is 5.41 Å². The highest BCUT2D eigenvalue weighted by molar-refractivity contribution is 5.75. The molecule has 5 heteroatoms. The molecule has 4 rings (SSSR count). The van der Waals surface area contributed by atoms with Gasteiger partial charge in [0.2, 0.25) is 0 Å². The maximum atomic E-state index is 10.7. The molecule has 1 aliphatic carbocycles. The summed E-state index contributed by atoms with van der Waals surface area (Å²) in [6.45, 7) is 7.20. The molecule has 1 fully saturated rings. The van der Waals surface area contributed by atoms with Crippen LogP contribution < -0.4 is 4.74 Å². The van der Waals surface area contributed by atoms with Gasteiger partial charge in [0.25, 0.3) is 6.47 Å². The van der Waals surface area contributed by atoms with Crippen LogP contribution >= 0.6 is 0 Å². The lowest BCUT2D eigenvalue weighted by molar-refractivity contribution is -0.128. The molecule has 1 saturated carbocycles. The molecule has 3 aromatic carbocycles. The standard InChI is InChI=1S/C41H56O5/c1-4-7-8-10-31-12-14-33(15-13-31)34-16-18-35(19-17-34)36-20-22-39(32(5-2)25-36)37-21-23-40(38(26-37)11-9-24-45-30-44)46-29-41(6-3,27-42)28-43/h16-23,25-26,30-31,33,42-43H,4-15,24,27-29H2,1-3H3. The van der Waals surface area contributed by atoms with Crippen LogP contribution in [0.25, 0.3) is 22.3 Å². The number of hydrogen-bond donors (Lipinski definition) is 2. The van der Waals surface area contributed by atoms with Crippen LogP contribution in [-0.4, -0.2) is 43.1 Å². The second-order valence-corrected chi connectivity index (χ2v) is 13.4. The molecular weight excluding hydrogens is 572 g/mol. The Balaban J connectivity index is 1.50. The monoisotopic (exact) mass is 628 g/mol. The van der Waals surface area contributed by atoms with Crippen LogP contribution in [0.3, 0.4) is 0 Å². The van der Waals surface area contributed by atoms with Crippen LogP contribution in [0.15, 0.2) is 60.7 Å². The Kier molecular flexibility index (Phi) is 14.2. The fourth-order valence-electron chi connectivity index (χ4n) is 6.94. The molecule has 2 N–H and O–H groups in total. The van der Waals surface area contributed by atoms with Gasteiger partial charge in [-0.1, -0.05) is 95.0 Å². The first-order valence-electron chi connectivity index (χ1n) is 17.8. The first-order chi connectivity index (χ1) is 22.5. The summed E-state index contributed by atoms with van der Waals surface area (Å²) in [7, 11) is 0. The molecule has 0 atom stereocenters. The van der Waals surface area contributed by atoms with Crippen molar-refractivity contribution in [1.29, 1.82) is 0 Å². The second kappa shape index (κ2) is 18.3. The summed E-state index contributed by atoms with van der Waals surface area (Å²) in [5, 5.41) is 19.8. The van der Waals surface area contributed by atoms with Crippen molar-refractivity contribution in [2.24, 2.45) is 11.3 Å². The van der Waals surface area contributed by atoms with Crippen LogP contribution in [0.2, 0.25) is 0 Å². The van der Waals surface area contributed by atoms with E-state index in [4.69, 9.17) is 9.47 Å². The topological polar surface area (TPSA) is 76.0 Å². The van der Waals surface area contributed by atoms with Crippen molar-refractivity contribution in [2.45, 2.75) is 104 Å². The molecule has 0 radical (unpaired) electrons. The summed E-state index contributed by atoms with van der Waals surface area (Å²) in [5.41, 5.74) is 7.92. The molecule has 5 nitrogen and oxygen atoms in total. The number of rotatable bonds is 19. The van der Waals surface area contributed by atoms with Crippen molar-refractivity contribution in [3.8, 4) is 28.0 Å². The Labute approximate surface area is 277 Å². The molecule has 46 heavy (non-hydrogen) atoms. The molecule has 0 spiro atoms. The summed E-state index contributed by atoms with van der Waals surface area (Å²) < 4.78 is 11.1. The molecule has 250 valence electrons. The zero-order chi connectivity index (χ0) is 32.8. The number of aliphatic hydroxyl groups excluding tert-OH is 2. The van der Waals surface area contributed by atoms with Gasteiger partial charge in [-0.15, -0.1) is 0 Å². The Bertz CT molecular complexity index is 1330. The number of unbranched alkanes of at least 4 members (excludes halogenated alkanes) is 2. The van der Waals surface area contributed by atoms with E-state index in [9.17, 15) is 15.0 Å². The van der Waals surface area contributed by atoms with Gasteiger partial charge in [-0.3, -0.25) is 4.79 Å². The summed E-state index contributed by atoms with van der Waals surface area (Å²) in [5.74, 6) is 2.36. The van der Waals surface area contributed by atoms with Crippen LogP contribution in [0.5, 0.6) is 5.75 Å². The number of benzene rings is 3. The van der Waals surface area contributed by atoms with E-state index in [0.29, 0.717) is 38.3 Å². The first kappa shape index (κ1) is 35.7. The SMILES string of the molecule is CCCCCC1CCC(c2ccc(-c3ccc(-c4ccc(OCC(CC)(CO)CO)c(CCCOC=O)c4)c(CC)c3)cc2)CC1. The van der Waals surface area contributed by atoms with Gasteiger partial charge < -0.3 is 19.7 Å². The third kappa shape index (κ3) is 9.45. The largest absolute Gasteiger partial charge is 0.493 e. The zero-order valence-corrected chi connectivity index (χ0v) is 28.4. The van der Waals surface area contributed by atoms with Crippen LogP contribution in [0.4, 0.5) is 0 Å². The quantitative estimate of drug-likeness (QED) is 0.102. The van der Waals surface area contributed by atoms with Gasteiger partial charge >= 0.3 is 0 Å². The minimum absolute atomic E-state index is 0.143. The number of aliphatic hydroxyl groups is 2. The second-order valence-electron chi connectivity index (χ2n) is 13.4. The van der Waals surface area contributed by atoms with Crippen LogP contribution in [0, 0.1) is 11.3 Å². The van der Waals surface area contributed by atoms with Crippen molar-refractivity contribution < 1.29 is 24.5 Å². The van der Waals surface area contributed by atoms with Gasteiger partial charge in [-0.2, -0.15) is 0 Å². The average molecular weight is 629 g/mol. The lowest BCUT2D eigenvalue weighted by Gasteiger charge is -2.29. The predicted molar refractivity (Wildman–Crippen MR) is 188 cm³/mol. The maximum absolute atomic E-state index is 10.7. The third-order valence-electron chi connectivity index (χ3n) is 10.4. The van der Waals surface area contributed by atoms with Gasteiger partial charge in [0, 0.05) is 0 Å². The third-order valence-corrected chi connectivity index (χ3v) is 10.4. The summed E-state index contributed by atoms with van der Waals surface area (Å²) in [6, 6.07) is 22.4. The maximum Gasteiger partial charge on any atom is 0.293 e. The van der Waals surface area contributed by atoms with Gasteiger partial charge in [0.05, 0.1) is 31.8 Å². The average Bonchev–Trinajstić information content (AvgIpc) is 3.11. The summed E-state index contributed by atoms with van der Waals surface area (Å²) in [6.07, 6.45) is 13.8. The van der Waals surface area contributed by atoms with E-state index in [-0.39, 0.29) is 19.8 Å². The number of carbonyl (C=O) groups is 1. The lowest BCUT2D eigenvalue weighted by Crippen LogP contribution is -2.35. The molecule has 0 heterocycles. The van der Waals surface area contributed by atoms with Crippen molar-refractivity contribution in [1.82, 2.24) is 0 Å². The number of carbonyl (C=O) groups excluding carboxylic acids is 1. The van der Waals surface area contributed by atoms with E-state index in [1.165, 1.54) is 79.2 Å². The summed E-state index contributed by atoms with van der Waals surface area (Å²) >= 11 is 0. The first-order valence-corrected chi connectivity index (χ1v) is 17.8. The summed E-state index contributed by atoms with van der Waals surface area (Å²) in [4.78, 5) is 10.7. The van der Waals surface area contributed by atoms with E-state index in [2.05, 4.69) is 68.4 Å². The number of hydrogen-bond acceptors (Lipinski definition) is 5. The normalized spacial score (nSPS) is 16.7. The number of ether oxygens (including phenoxy) is 2. The molecule has 3 aromatic rings. The Morgan fingerprint density at radius 2 is 1.50 bits per heavy atom. The minimum Gasteiger partial charge on any atom is -0.493 e. The molecule has 0 aliphatic heterocycles. The van der Waals surface area contributed by atoms with E-state index >= 15 is 0 Å². The molecule has 0 amide bonds. The molecule has 0 saturated heterocycles. The van der Waals surface area contributed by atoms with E-state index in [0.717, 1.165) is 29.2 Å². The van der Waals surface area contributed by atoms with Gasteiger partial charge in [0.15, 0.2) is 0 Å². The zero-order valence-electron chi connectivity index (χ0n) is 28.4. The molecule has 0 unspecified atom stereocenters. The Hall–Kier alpha value is -3.15. The molecule has 1 aliphatic rings. The minimum atomic E-state index is -0.687. The smallest absolute Gasteiger partial charge is 0.293 e. The van der Waals surface area contributed by atoms with Crippen molar-refractivity contribution in [3.05, 3.63) is 77.4 Å². The highest BCUT2D eigenvalue weighted by Crippen LogP contribution is 2.39. The Morgan fingerprint density at radius 1 is 0.804 bits per heavy atom. The highest BCUT2D eigenvalue weighted by Gasteiger charge is 2.28. The van der Waals surface area contributed by atoms with Crippen LogP contribution in [-0.2, 0) is 22.4 Å².